The first-order chi connectivity index (χ1) is 12.6. The molecule has 10 heteroatoms. The van der Waals surface area contributed by atoms with Crippen molar-refractivity contribution in [1.82, 2.24) is 36.2 Å². The fourth-order valence-corrected chi connectivity index (χ4v) is 2.71. The number of benzene rings is 1. The van der Waals surface area contributed by atoms with Crippen molar-refractivity contribution >= 4 is 17.8 Å². The molecule has 2 aromatic rings. The van der Waals surface area contributed by atoms with E-state index in [-0.39, 0.29) is 24.8 Å². The molecule has 10 nitrogen and oxygen atoms in total. The molecule has 0 saturated carbocycles. The van der Waals surface area contributed by atoms with Gasteiger partial charge in [-0.25, -0.2) is 4.79 Å². The molecule has 1 aromatic carbocycles. The van der Waals surface area contributed by atoms with Gasteiger partial charge in [-0.15, -0.1) is 10.2 Å². The van der Waals surface area contributed by atoms with Crippen molar-refractivity contribution in [3.63, 3.8) is 0 Å². The number of hydrogen-bond acceptors (Lipinski definition) is 6. The molecular weight excluding hydrogens is 338 g/mol. The van der Waals surface area contributed by atoms with Crippen LogP contribution in [-0.2, 0) is 16.1 Å². The maximum atomic E-state index is 12.1. The maximum Gasteiger partial charge on any atom is 0.324 e. The first-order valence-electron chi connectivity index (χ1n) is 8.29. The minimum absolute atomic E-state index is 0.0880. The zero-order valence-electron chi connectivity index (χ0n) is 14.2. The van der Waals surface area contributed by atoms with Gasteiger partial charge in [0.05, 0.1) is 6.42 Å². The lowest BCUT2D eigenvalue weighted by Crippen LogP contribution is -2.36. The molecule has 4 amide bonds. The zero-order chi connectivity index (χ0) is 18.5. The molecule has 26 heavy (non-hydrogen) atoms. The molecule has 0 aliphatic carbocycles. The lowest BCUT2D eigenvalue weighted by Gasteiger charge is -2.11. The predicted molar refractivity (Wildman–Crippen MR) is 90.4 cm³/mol. The lowest BCUT2D eigenvalue weighted by molar-refractivity contribution is -0.130. The molecular formula is C16H19N7O3. The SMILES string of the molecule is CCCN1C(=O)N[C@@H](CC(=O)NCc2cccc(-c3nn[nH]n3)c2)C1=O. The second-order valence-corrected chi connectivity index (χ2v) is 5.91. The third kappa shape index (κ3) is 3.85. The summed E-state index contributed by atoms with van der Waals surface area (Å²) in [7, 11) is 0. The number of hydrogen-bond donors (Lipinski definition) is 3. The maximum absolute atomic E-state index is 12.1. The number of H-pyrrole nitrogens is 1. The predicted octanol–water partition coefficient (Wildman–Crippen LogP) is 0.203. The average molecular weight is 357 g/mol. The minimum atomic E-state index is -0.806. The molecule has 0 unspecified atom stereocenters. The third-order valence-corrected chi connectivity index (χ3v) is 3.96. The van der Waals surface area contributed by atoms with Crippen LogP contribution in [0.3, 0.4) is 0 Å². The van der Waals surface area contributed by atoms with Crippen LogP contribution in [0.4, 0.5) is 4.79 Å². The summed E-state index contributed by atoms with van der Waals surface area (Å²) >= 11 is 0. The molecule has 3 rings (SSSR count). The standard InChI is InChI=1S/C16H19N7O3/c1-2-6-23-15(25)12(18-16(23)26)8-13(24)17-9-10-4-3-5-11(7-10)14-19-21-22-20-14/h3-5,7,12H,2,6,8-9H2,1H3,(H,17,24)(H,18,26)(H,19,20,21,22)/t12-/m0/s1. The van der Waals surface area contributed by atoms with Gasteiger partial charge in [-0.05, 0) is 23.3 Å². The molecule has 136 valence electrons. The Labute approximate surface area is 149 Å². The molecule has 0 radical (unpaired) electrons. The van der Waals surface area contributed by atoms with E-state index in [2.05, 4.69) is 31.3 Å². The van der Waals surface area contributed by atoms with Gasteiger partial charge in [0.1, 0.15) is 6.04 Å². The molecule has 0 bridgehead atoms. The van der Waals surface area contributed by atoms with E-state index >= 15 is 0 Å². The van der Waals surface area contributed by atoms with Gasteiger partial charge in [0.2, 0.25) is 11.7 Å². The summed E-state index contributed by atoms with van der Waals surface area (Å²) in [6.45, 7) is 2.52. The smallest absolute Gasteiger partial charge is 0.324 e. The molecule has 1 aromatic heterocycles. The van der Waals surface area contributed by atoms with Crippen LogP contribution in [0.5, 0.6) is 0 Å². The van der Waals surface area contributed by atoms with E-state index < -0.39 is 12.1 Å². The Morgan fingerprint density at radius 1 is 1.35 bits per heavy atom. The Morgan fingerprint density at radius 2 is 2.19 bits per heavy atom. The van der Waals surface area contributed by atoms with Crippen molar-refractivity contribution < 1.29 is 14.4 Å². The Hall–Kier alpha value is -3.30. The fraction of sp³-hybridized carbons (Fsp3) is 0.375. The Bertz CT molecular complexity index is 806. The zero-order valence-corrected chi connectivity index (χ0v) is 14.2. The van der Waals surface area contributed by atoms with Crippen molar-refractivity contribution in [2.45, 2.75) is 32.4 Å². The van der Waals surface area contributed by atoms with Crippen LogP contribution in [0.1, 0.15) is 25.3 Å². The fourth-order valence-electron chi connectivity index (χ4n) is 2.71. The summed E-state index contributed by atoms with van der Waals surface area (Å²) in [4.78, 5) is 37.1. The molecule has 2 heterocycles. The second kappa shape index (κ2) is 7.72. The number of imide groups is 1. The Kier molecular flexibility index (Phi) is 5.20. The summed E-state index contributed by atoms with van der Waals surface area (Å²) in [6, 6.07) is 6.12. The average Bonchev–Trinajstić information content (AvgIpc) is 3.26. The summed E-state index contributed by atoms with van der Waals surface area (Å²) in [5.41, 5.74) is 1.63. The van der Waals surface area contributed by atoms with Crippen molar-refractivity contribution in [3.05, 3.63) is 29.8 Å². The molecule has 3 N–H and O–H groups in total. The van der Waals surface area contributed by atoms with E-state index in [4.69, 9.17) is 0 Å². The summed E-state index contributed by atoms with van der Waals surface area (Å²) in [6.07, 6.45) is 0.587. The number of carbonyl (C=O) groups is 3. The van der Waals surface area contributed by atoms with Crippen LogP contribution < -0.4 is 10.6 Å². The lowest BCUT2D eigenvalue weighted by atomic mass is 10.1. The number of tetrazole rings is 1. The van der Waals surface area contributed by atoms with Crippen LogP contribution in [0.2, 0.25) is 0 Å². The highest BCUT2D eigenvalue weighted by atomic mass is 16.2. The number of aromatic amines is 1. The first kappa shape index (κ1) is 17.5. The van der Waals surface area contributed by atoms with E-state index in [1.54, 1.807) is 0 Å². The number of urea groups is 1. The highest BCUT2D eigenvalue weighted by molar-refractivity contribution is 6.05. The molecule has 1 aliphatic heterocycles. The van der Waals surface area contributed by atoms with Gasteiger partial charge in [0.15, 0.2) is 0 Å². The first-order valence-corrected chi connectivity index (χ1v) is 8.29. The van der Waals surface area contributed by atoms with E-state index in [0.29, 0.717) is 18.8 Å². The summed E-state index contributed by atoms with van der Waals surface area (Å²) in [5.74, 6) is -0.202. The number of nitrogens with one attached hydrogen (secondary N) is 3. The number of carbonyl (C=O) groups excluding carboxylic acids is 3. The number of amides is 4. The Balaban J connectivity index is 1.54. The van der Waals surface area contributed by atoms with Crippen LogP contribution in [0.15, 0.2) is 24.3 Å². The van der Waals surface area contributed by atoms with Crippen LogP contribution in [0, 0.1) is 0 Å². The van der Waals surface area contributed by atoms with E-state index in [1.165, 1.54) is 0 Å². The van der Waals surface area contributed by atoms with Crippen molar-refractivity contribution in [3.8, 4) is 11.4 Å². The van der Waals surface area contributed by atoms with Gasteiger partial charge < -0.3 is 10.6 Å². The number of aromatic nitrogens is 4. The van der Waals surface area contributed by atoms with Gasteiger partial charge in [0, 0.05) is 18.7 Å². The monoisotopic (exact) mass is 357 g/mol. The summed E-state index contributed by atoms with van der Waals surface area (Å²) < 4.78 is 0. The Morgan fingerprint density at radius 3 is 2.92 bits per heavy atom. The van der Waals surface area contributed by atoms with Crippen LogP contribution >= 0.6 is 0 Å². The van der Waals surface area contributed by atoms with Crippen LogP contribution in [-0.4, -0.2) is 56.0 Å². The van der Waals surface area contributed by atoms with Crippen molar-refractivity contribution in [1.29, 1.82) is 0 Å². The van der Waals surface area contributed by atoms with Crippen LogP contribution in [0.25, 0.3) is 11.4 Å². The topological polar surface area (TPSA) is 133 Å². The highest BCUT2D eigenvalue weighted by Gasteiger charge is 2.38. The largest absolute Gasteiger partial charge is 0.352 e. The molecule has 1 fully saturated rings. The second-order valence-electron chi connectivity index (χ2n) is 5.91. The third-order valence-electron chi connectivity index (χ3n) is 3.96. The van der Waals surface area contributed by atoms with E-state index in [9.17, 15) is 14.4 Å². The molecule has 0 spiro atoms. The quantitative estimate of drug-likeness (QED) is 0.607. The molecule has 1 aliphatic rings. The van der Waals surface area contributed by atoms with Gasteiger partial charge in [-0.2, -0.15) is 5.21 Å². The van der Waals surface area contributed by atoms with Gasteiger partial charge in [-0.3, -0.25) is 14.5 Å². The van der Waals surface area contributed by atoms with E-state index in [0.717, 1.165) is 16.0 Å². The number of rotatable bonds is 7. The number of nitrogens with zero attached hydrogens (tertiary/aromatic N) is 4. The van der Waals surface area contributed by atoms with Crippen molar-refractivity contribution in [2.24, 2.45) is 0 Å². The van der Waals surface area contributed by atoms with Crippen molar-refractivity contribution in [2.75, 3.05) is 6.54 Å². The van der Waals surface area contributed by atoms with E-state index in [1.807, 2.05) is 31.2 Å². The van der Waals surface area contributed by atoms with Gasteiger partial charge in [-0.1, -0.05) is 25.1 Å². The normalized spacial score (nSPS) is 16.7. The van der Waals surface area contributed by atoms with Gasteiger partial charge >= 0.3 is 6.03 Å². The van der Waals surface area contributed by atoms with Gasteiger partial charge in [0.25, 0.3) is 5.91 Å². The summed E-state index contributed by atoms with van der Waals surface area (Å²) in [5, 5.41) is 19.0. The highest BCUT2D eigenvalue weighted by Crippen LogP contribution is 2.15. The molecule has 1 saturated heterocycles. The molecule has 1 atom stereocenters. The minimum Gasteiger partial charge on any atom is -0.352 e.